The summed E-state index contributed by atoms with van der Waals surface area (Å²) in [7, 11) is 1.61. The summed E-state index contributed by atoms with van der Waals surface area (Å²) < 4.78 is 5.14. The van der Waals surface area contributed by atoms with Gasteiger partial charge in [-0.15, -0.1) is 0 Å². The van der Waals surface area contributed by atoms with Gasteiger partial charge >= 0.3 is 0 Å². The molecule has 0 bridgehead atoms. The molecule has 1 N–H and O–H groups in total. The molecule has 1 fully saturated rings. The number of halogens is 1. The van der Waals surface area contributed by atoms with Crippen molar-refractivity contribution in [1.82, 2.24) is 9.80 Å². The quantitative estimate of drug-likeness (QED) is 0.912. The van der Waals surface area contributed by atoms with E-state index < -0.39 is 6.10 Å². The smallest absolute Gasteiger partial charge is 0.251 e. The molecular formula is C15H21ClN2O3. The van der Waals surface area contributed by atoms with Crippen molar-refractivity contribution in [3.63, 3.8) is 0 Å². The molecule has 1 aliphatic rings. The molecule has 1 aromatic rings. The number of benzene rings is 1. The zero-order chi connectivity index (χ0) is 15.4. The molecule has 0 aromatic heterocycles. The Balaban J connectivity index is 1.90. The minimum absolute atomic E-state index is 0.197. The summed E-state index contributed by atoms with van der Waals surface area (Å²) in [5.41, 5.74) is 1.05. The van der Waals surface area contributed by atoms with Crippen LogP contribution in [-0.2, 0) is 11.3 Å². The third-order valence-electron chi connectivity index (χ3n) is 3.70. The van der Waals surface area contributed by atoms with E-state index in [0.717, 1.165) is 30.9 Å². The molecule has 5 nitrogen and oxygen atoms in total. The third kappa shape index (κ3) is 4.09. The van der Waals surface area contributed by atoms with Crippen LogP contribution < -0.4 is 4.74 Å². The molecular weight excluding hydrogens is 292 g/mol. The summed E-state index contributed by atoms with van der Waals surface area (Å²) in [6.45, 7) is 5.09. The van der Waals surface area contributed by atoms with Crippen molar-refractivity contribution >= 4 is 17.5 Å². The van der Waals surface area contributed by atoms with Crippen molar-refractivity contribution in [3.8, 4) is 5.75 Å². The standard InChI is InChI=1S/C15H21ClN2O3/c1-11(19)15(20)18-7-5-17(6-8-18)10-12-3-4-13(21-2)9-14(12)16/h3-4,9,11,19H,5-8,10H2,1-2H3. The predicted molar refractivity (Wildman–Crippen MR) is 81.5 cm³/mol. The molecule has 1 heterocycles. The second-order valence-electron chi connectivity index (χ2n) is 5.23. The molecule has 0 radical (unpaired) electrons. The Labute approximate surface area is 130 Å². The normalized spacial score (nSPS) is 17.6. The summed E-state index contributed by atoms with van der Waals surface area (Å²) in [4.78, 5) is 15.7. The number of rotatable bonds is 4. The molecule has 0 saturated carbocycles. The average Bonchev–Trinajstić information content (AvgIpc) is 2.49. The molecule has 21 heavy (non-hydrogen) atoms. The first-order valence-corrected chi connectivity index (χ1v) is 7.40. The fraction of sp³-hybridized carbons (Fsp3) is 0.533. The molecule has 2 rings (SSSR count). The van der Waals surface area contributed by atoms with Gasteiger partial charge < -0.3 is 14.7 Å². The van der Waals surface area contributed by atoms with Gasteiger partial charge in [0, 0.05) is 37.7 Å². The summed E-state index contributed by atoms with van der Waals surface area (Å²) >= 11 is 6.24. The summed E-state index contributed by atoms with van der Waals surface area (Å²) in [6.07, 6.45) is -0.924. The molecule has 1 unspecified atom stereocenters. The van der Waals surface area contributed by atoms with Crippen molar-refractivity contribution in [2.45, 2.75) is 19.6 Å². The van der Waals surface area contributed by atoms with E-state index in [9.17, 15) is 9.90 Å². The largest absolute Gasteiger partial charge is 0.497 e. The van der Waals surface area contributed by atoms with Crippen LogP contribution in [0.1, 0.15) is 12.5 Å². The summed E-state index contributed by atoms with van der Waals surface area (Å²) in [5, 5.41) is 10.0. The number of carbonyl (C=O) groups excluding carboxylic acids is 1. The lowest BCUT2D eigenvalue weighted by molar-refractivity contribution is -0.141. The van der Waals surface area contributed by atoms with E-state index in [4.69, 9.17) is 16.3 Å². The first kappa shape index (κ1) is 16.1. The van der Waals surface area contributed by atoms with Gasteiger partial charge in [0.2, 0.25) is 0 Å². The Morgan fingerprint density at radius 1 is 1.38 bits per heavy atom. The van der Waals surface area contributed by atoms with Crippen LogP contribution in [-0.4, -0.2) is 60.2 Å². The van der Waals surface area contributed by atoms with Crippen molar-refractivity contribution in [2.75, 3.05) is 33.3 Å². The van der Waals surface area contributed by atoms with E-state index in [1.54, 1.807) is 12.0 Å². The lowest BCUT2D eigenvalue weighted by Gasteiger charge is -2.35. The first-order chi connectivity index (χ1) is 10.0. The van der Waals surface area contributed by atoms with Gasteiger partial charge in [-0.3, -0.25) is 9.69 Å². The van der Waals surface area contributed by atoms with Gasteiger partial charge in [0.05, 0.1) is 7.11 Å². The topological polar surface area (TPSA) is 53.0 Å². The number of nitrogens with zero attached hydrogens (tertiary/aromatic N) is 2. The number of amides is 1. The zero-order valence-corrected chi connectivity index (χ0v) is 13.1. The minimum atomic E-state index is -0.924. The monoisotopic (exact) mass is 312 g/mol. The van der Waals surface area contributed by atoms with Gasteiger partial charge in [0.15, 0.2) is 0 Å². The molecule has 1 saturated heterocycles. The number of piperazine rings is 1. The SMILES string of the molecule is COc1ccc(CN2CCN(C(=O)C(C)O)CC2)c(Cl)c1. The number of aliphatic hydroxyl groups excluding tert-OH is 1. The number of hydrogen-bond acceptors (Lipinski definition) is 4. The number of methoxy groups -OCH3 is 1. The fourth-order valence-corrected chi connectivity index (χ4v) is 2.65. The highest BCUT2D eigenvalue weighted by Gasteiger charge is 2.23. The van der Waals surface area contributed by atoms with Gasteiger partial charge in [0.1, 0.15) is 11.9 Å². The van der Waals surface area contributed by atoms with E-state index in [-0.39, 0.29) is 5.91 Å². The van der Waals surface area contributed by atoms with Crippen molar-refractivity contribution < 1.29 is 14.6 Å². The highest BCUT2D eigenvalue weighted by Crippen LogP contribution is 2.24. The molecule has 1 aromatic carbocycles. The highest BCUT2D eigenvalue weighted by molar-refractivity contribution is 6.31. The lowest BCUT2D eigenvalue weighted by atomic mass is 10.2. The van der Waals surface area contributed by atoms with Crippen LogP contribution in [0.5, 0.6) is 5.75 Å². The maximum Gasteiger partial charge on any atom is 0.251 e. The molecule has 1 atom stereocenters. The van der Waals surface area contributed by atoms with Crippen LogP contribution in [0.25, 0.3) is 0 Å². The van der Waals surface area contributed by atoms with Gasteiger partial charge in [-0.25, -0.2) is 0 Å². The Kier molecular flexibility index (Phi) is 5.45. The summed E-state index contributed by atoms with van der Waals surface area (Å²) in [6, 6.07) is 5.67. The summed E-state index contributed by atoms with van der Waals surface area (Å²) in [5.74, 6) is 0.549. The van der Waals surface area contributed by atoms with E-state index in [1.165, 1.54) is 6.92 Å². The lowest BCUT2D eigenvalue weighted by Crippen LogP contribution is -2.50. The molecule has 6 heteroatoms. The van der Waals surface area contributed by atoms with E-state index in [1.807, 2.05) is 18.2 Å². The Hall–Kier alpha value is -1.30. The first-order valence-electron chi connectivity index (χ1n) is 7.03. The van der Waals surface area contributed by atoms with Gasteiger partial charge in [-0.2, -0.15) is 0 Å². The zero-order valence-electron chi connectivity index (χ0n) is 12.4. The second kappa shape index (κ2) is 7.11. The van der Waals surface area contributed by atoms with Crippen LogP contribution >= 0.6 is 11.6 Å². The van der Waals surface area contributed by atoms with E-state index >= 15 is 0 Å². The second-order valence-corrected chi connectivity index (χ2v) is 5.64. The number of aliphatic hydroxyl groups is 1. The third-order valence-corrected chi connectivity index (χ3v) is 4.05. The molecule has 1 amide bonds. The van der Waals surface area contributed by atoms with Crippen molar-refractivity contribution in [2.24, 2.45) is 0 Å². The predicted octanol–water partition coefficient (Wildman–Crippen LogP) is 1.37. The van der Waals surface area contributed by atoms with Gasteiger partial charge in [-0.1, -0.05) is 17.7 Å². The van der Waals surface area contributed by atoms with Crippen LogP contribution in [0.4, 0.5) is 0 Å². The van der Waals surface area contributed by atoms with E-state index in [0.29, 0.717) is 18.1 Å². The average molecular weight is 313 g/mol. The maximum atomic E-state index is 11.7. The Morgan fingerprint density at radius 2 is 2.05 bits per heavy atom. The van der Waals surface area contributed by atoms with Crippen LogP contribution in [0, 0.1) is 0 Å². The van der Waals surface area contributed by atoms with Crippen LogP contribution in [0.2, 0.25) is 5.02 Å². The van der Waals surface area contributed by atoms with Gasteiger partial charge in [-0.05, 0) is 24.6 Å². The number of ether oxygens (including phenoxy) is 1. The fourth-order valence-electron chi connectivity index (χ4n) is 2.41. The van der Waals surface area contributed by atoms with Crippen LogP contribution in [0.3, 0.4) is 0 Å². The van der Waals surface area contributed by atoms with E-state index in [2.05, 4.69) is 4.90 Å². The van der Waals surface area contributed by atoms with Crippen molar-refractivity contribution in [3.05, 3.63) is 28.8 Å². The van der Waals surface area contributed by atoms with Gasteiger partial charge in [0.25, 0.3) is 5.91 Å². The molecule has 0 spiro atoms. The highest BCUT2D eigenvalue weighted by atomic mass is 35.5. The molecule has 0 aliphatic carbocycles. The molecule has 116 valence electrons. The number of carbonyl (C=O) groups is 1. The maximum absolute atomic E-state index is 11.7. The van der Waals surface area contributed by atoms with Crippen molar-refractivity contribution in [1.29, 1.82) is 0 Å². The minimum Gasteiger partial charge on any atom is -0.497 e. The number of hydrogen-bond donors (Lipinski definition) is 1. The Bertz CT molecular complexity index is 500. The van der Waals surface area contributed by atoms with Crippen LogP contribution in [0.15, 0.2) is 18.2 Å². The Morgan fingerprint density at radius 3 is 2.57 bits per heavy atom. The molecule has 1 aliphatic heterocycles.